The number of ether oxygens (including phenoxy) is 1. The van der Waals surface area contributed by atoms with Crippen LogP contribution in [-0.2, 0) is 19.4 Å². The van der Waals surface area contributed by atoms with E-state index in [1.165, 1.54) is 0 Å². The van der Waals surface area contributed by atoms with Gasteiger partial charge in [0.1, 0.15) is 3.92 Å². The molecular formula is C19H26IN3O4S. The molecule has 2 aliphatic rings. The molecule has 2 heterocycles. The lowest BCUT2D eigenvalue weighted by Crippen LogP contribution is -2.46. The van der Waals surface area contributed by atoms with Gasteiger partial charge in [0.25, 0.3) is 0 Å². The summed E-state index contributed by atoms with van der Waals surface area (Å²) in [4.78, 5) is 15.1. The second-order valence-corrected chi connectivity index (χ2v) is 10.7. The number of carbonyl (C=O) groups excluding carboxylic acids is 1. The number of benzene rings is 1. The Morgan fingerprint density at radius 1 is 1.29 bits per heavy atom. The number of fused-ring (bicyclic) bond motifs is 1. The number of nitrogens with two attached hydrogens (primary N) is 1. The molecule has 28 heavy (non-hydrogen) atoms. The topological polar surface area (TPSA) is 92.9 Å². The van der Waals surface area contributed by atoms with Gasteiger partial charge in [-0.3, -0.25) is 4.79 Å². The van der Waals surface area contributed by atoms with Gasteiger partial charge in [0.15, 0.2) is 9.84 Å². The van der Waals surface area contributed by atoms with Gasteiger partial charge in [0, 0.05) is 25.2 Å². The Kier molecular flexibility index (Phi) is 6.68. The maximum absolute atomic E-state index is 13.1. The second kappa shape index (κ2) is 8.68. The molecule has 1 saturated heterocycles. The van der Waals surface area contributed by atoms with Crippen LogP contribution in [0.25, 0.3) is 5.70 Å². The summed E-state index contributed by atoms with van der Waals surface area (Å²) < 4.78 is 30.6. The van der Waals surface area contributed by atoms with E-state index in [0.717, 1.165) is 0 Å². The Labute approximate surface area is 179 Å². The first-order valence-corrected chi connectivity index (χ1v) is 12.2. The van der Waals surface area contributed by atoms with Crippen molar-refractivity contribution in [3.8, 4) is 0 Å². The SMILES string of the molecule is CC(C)CN(N)C1=C(C(I)C(=O)N2CCOCC2)CS(=O)(=O)c2ccccc21. The number of hydrogen-bond acceptors (Lipinski definition) is 6. The van der Waals surface area contributed by atoms with Crippen LogP contribution >= 0.6 is 22.6 Å². The summed E-state index contributed by atoms with van der Waals surface area (Å²) in [5.41, 5.74) is 1.78. The van der Waals surface area contributed by atoms with Gasteiger partial charge in [-0.15, -0.1) is 0 Å². The molecule has 1 amide bonds. The molecule has 9 heteroatoms. The third-order valence-corrected chi connectivity index (χ3v) is 7.82. The first-order chi connectivity index (χ1) is 13.2. The number of carbonyl (C=O) groups is 1. The second-order valence-electron chi connectivity index (χ2n) is 7.48. The highest BCUT2D eigenvalue weighted by Crippen LogP contribution is 2.38. The largest absolute Gasteiger partial charge is 0.378 e. The van der Waals surface area contributed by atoms with Crippen molar-refractivity contribution in [3.63, 3.8) is 0 Å². The smallest absolute Gasteiger partial charge is 0.239 e. The first kappa shape index (κ1) is 21.5. The predicted octanol–water partition coefficient (Wildman–Crippen LogP) is 1.68. The van der Waals surface area contributed by atoms with Crippen molar-refractivity contribution in [2.45, 2.75) is 22.7 Å². The molecule has 7 nitrogen and oxygen atoms in total. The van der Waals surface area contributed by atoms with E-state index in [9.17, 15) is 13.2 Å². The van der Waals surface area contributed by atoms with Crippen molar-refractivity contribution >= 4 is 44.0 Å². The van der Waals surface area contributed by atoms with Gasteiger partial charge < -0.3 is 14.6 Å². The Hall–Kier alpha value is -1.17. The monoisotopic (exact) mass is 519 g/mol. The number of morpholine rings is 1. The summed E-state index contributed by atoms with van der Waals surface area (Å²) in [5.74, 6) is 6.38. The van der Waals surface area contributed by atoms with E-state index in [4.69, 9.17) is 10.6 Å². The van der Waals surface area contributed by atoms with Crippen LogP contribution in [0.4, 0.5) is 0 Å². The molecule has 0 bridgehead atoms. The van der Waals surface area contributed by atoms with Crippen molar-refractivity contribution in [1.29, 1.82) is 0 Å². The zero-order valence-corrected chi connectivity index (χ0v) is 19.1. The fraction of sp³-hybridized carbons (Fsp3) is 0.526. The number of nitrogens with zero attached hydrogens (tertiary/aromatic N) is 2. The summed E-state index contributed by atoms with van der Waals surface area (Å²) in [6, 6.07) is 6.88. The molecule has 0 spiro atoms. The molecular weight excluding hydrogens is 493 g/mol. The summed E-state index contributed by atoms with van der Waals surface area (Å²) in [5, 5.41) is 1.60. The quantitative estimate of drug-likeness (QED) is 0.276. The summed E-state index contributed by atoms with van der Waals surface area (Å²) >= 11 is 2.05. The van der Waals surface area contributed by atoms with Crippen LogP contribution in [0.5, 0.6) is 0 Å². The number of amides is 1. The number of hydrogen-bond donors (Lipinski definition) is 1. The van der Waals surface area contributed by atoms with Crippen LogP contribution in [0.3, 0.4) is 0 Å². The summed E-state index contributed by atoms with van der Waals surface area (Å²) in [7, 11) is -3.54. The Balaban J connectivity index is 2.09. The number of rotatable bonds is 5. The van der Waals surface area contributed by atoms with Crippen molar-refractivity contribution in [2.75, 3.05) is 38.6 Å². The zero-order chi connectivity index (χ0) is 20.5. The molecule has 1 fully saturated rings. The Morgan fingerprint density at radius 2 is 1.93 bits per heavy atom. The minimum atomic E-state index is -3.54. The highest BCUT2D eigenvalue weighted by molar-refractivity contribution is 14.1. The van der Waals surface area contributed by atoms with Crippen LogP contribution in [0, 0.1) is 5.92 Å². The van der Waals surface area contributed by atoms with Gasteiger partial charge in [-0.05, 0) is 17.6 Å². The third-order valence-electron chi connectivity index (χ3n) is 4.82. The molecule has 3 rings (SSSR count). The molecule has 154 valence electrons. The molecule has 1 atom stereocenters. The van der Waals surface area contributed by atoms with E-state index in [1.54, 1.807) is 34.2 Å². The average molecular weight is 519 g/mol. The molecule has 1 aromatic rings. The van der Waals surface area contributed by atoms with E-state index in [2.05, 4.69) is 22.6 Å². The maximum Gasteiger partial charge on any atom is 0.239 e. The van der Waals surface area contributed by atoms with Crippen LogP contribution in [-0.4, -0.2) is 66.8 Å². The van der Waals surface area contributed by atoms with E-state index in [-0.39, 0.29) is 22.5 Å². The molecule has 1 unspecified atom stereocenters. The van der Waals surface area contributed by atoms with Crippen molar-refractivity contribution < 1.29 is 17.9 Å². The predicted molar refractivity (Wildman–Crippen MR) is 116 cm³/mol. The molecule has 0 aliphatic carbocycles. The van der Waals surface area contributed by atoms with Gasteiger partial charge in [0.05, 0.1) is 29.6 Å². The third kappa shape index (κ3) is 4.37. The lowest BCUT2D eigenvalue weighted by molar-refractivity contribution is -0.133. The summed E-state index contributed by atoms with van der Waals surface area (Å²) in [6.45, 7) is 6.68. The van der Waals surface area contributed by atoms with Crippen molar-refractivity contribution in [2.24, 2.45) is 11.8 Å². The number of alkyl halides is 1. The molecule has 0 aromatic heterocycles. The Bertz CT molecular complexity index is 879. The lowest BCUT2D eigenvalue weighted by atomic mass is 10.0. The lowest BCUT2D eigenvalue weighted by Gasteiger charge is -2.34. The summed E-state index contributed by atoms with van der Waals surface area (Å²) in [6.07, 6.45) is 0. The van der Waals surface area contributed by atoms with Gasteiger partial charge in [-0.25, -0.2) is 14.3 Å². The maximum atomic E-state index is 13.1. The van der Waals surface area contributed by atoms with Crippen molar-refractivity contribution in [3.05, 3.63) is 35.4 Å². The van der Waals surface area contributed by atoms with E-state index < -0.39 is 13.8 Å². The van der Waals surface area contributed by atoms with Crippen LogP contribution in [0.2, 0.25) is 0 Å². The molecule has 2 aliphatic heterocycles. The van der Waals surface area contributed by atoms with Gasteiger partial charge in [-0.2, -0.15) is 0 Å². The standard InChI is InChI=1S/C19H26IN3O4S/c1-13(2)11-23(21)18-14-5-3-4-6-16(14)28(25,26)12-15(18)17(20)19(24)22-7-9-27-10-8-22/h3-6,13,17H,7-12,21H2,1-2H3. The van der Waals surface area contributed by atoms with E-state index in [0.29, 0.717) is 49.7 Å². The molecule has 2 N–H and O–H groups in total. The minimum Gasteiger partial charge on any atom is -0.378 e. The fourth-order valence-corrected chi connectivity index (χ4v) is 6.43. The highest BCUT2D eigenvalue weighted by atomic mass is 127. The van der Waals surface area contributed by atoms with E-state index in [1.807, 2.05) is 13.8 Å². The van der Waals surface area contributed by atoms with Gasteiger partial charge in [0.2, 0.25) is 5.91 Å². The number of halogens is 1. The zero-order valence-electron chi connectivity index (χ0n) is 16.1. The Morgan fingerprint density at radius 3 is 2.57 bits per heavy atom. The normalized spacial score (nSPS) is 20.1. The fourth-order valence-electron chi connectivity index (χ4n) is 3.57. The van der Waals surface area contributed by atoms with Crippen molar-refractivity contribution in [1.82, 2.24) is 9.91 Å². The number of sulfone groups is 1. The molecule has 0 radical (unpaired) electrons. The first-order valence-electron chi connectivity index (χ1n) is 9.30. The van der Waals surface area contributed by atoms with Crippen LogP contribution < -0.4 is 5.84 Å². The minimum absolute atomic E-state index is 0.0936. The van der Waals surface area contributed by atoms with Gasteiger partial charge in [-0.1, -0.05) is 54.6 Å². The average Bonchev–Trinajstić information content (AvgIpc) is 2.66. The molecule has 1 aromatic carbocycles. The van der Waals surface area contributed by atoms with Gasteiger partial charge >= 0.3 is 0 Å². The van der Waals surface area contributed by atoms with E-state index >= 15 is 0 Å². The van der Waals surface area contributed by atoms with Crippen LogP contribution in [0.1, 0.15) is 19.4 Å². The number of hydrazine groups is 1. The van der Waals surface area contributed by atoms with Crippen LogP contribution in [0.15, 0.2) is 34.7 Å². The molecule has 0 saturated carbocycles. The highest BCUT2D eigenvalue weighted by Gasteiger charge is 2.38.